The van der Waals surface area contributed by atoms with Gasteiger partial charge in [0.25, 0.3) is 5.91 Å². The van der Waals surface area contributed by atoms with Crippen molar-refractivity contribution < 1.29 is 33.6 Å². The van der Waals surface area contributed by atoms with Crippen LogP contribution in [0.3, 0.4) is 0 Å². The molecule has 3 aromatic carbocycles. The van der Waals surface area contributed by atoms with Gasteiger partial charge in [-0.1, -0.05) is 60.7 Å². The molecule has 1 amide bonds. The number of para-hydroxylation sites is 1. The average Bonchev–Trinajstić information content (AvgIpc) is 2.98. The Kier molecular flexibility index (Phi) is 10.6. The number of esters is 1. The van der Waals surface area contributed by atoms with Gasteiger partial charge in [-0.15, -0.1) is 11.8 Å². The highest BCUT2D eigenvalue weighted by Gasteiger charge is 2.32. The molecule has 1 saturated heterocycles. The normalized spacial score (nSPS) is 19.4. The highest BCUT2D eigenvalue weighted by molar-refractivity contribution is 7.99. The van der Waals surface area contributed by atoms with Crippen LogP contribution in [0, 0.1) is 0 Å². The van der Waals surface area contributed by atoms with E-state index in [4.69, 9.17) is 18.9 Å². The third kappa shape index (κ3) is 8.08. The van der Waals surface area contributed by atoms with Gasteiger partial charge in [0.15, 0.2) is 12.4 Å². The SMILES string of the molecule is COc1ccccc1SC[C@@H]1C[C@H](c2ccc(CO)cc2)O[C@H](c2ccc(CNC(=O)[C@H](C)OC(C)=O)cc2)O1. The molecular formula is C31H35NO7S. The number of ether oxygens (including phenoxy) is 4. The molecule has 4 rings (SSSR count). The molecule has 1 fully saturated rings. The van der Waals surface area contributed by atoms with E-state index in [2.05, 4.69) is 5.32 Å². The first kappa shape index (κ1) is 29.6. The van der Waals surface area contributed by atoms with Gasteiger partial charge < -0.3 is 29.4 Å². The molecule has 0 bridgehead atoms. The lowest BCUT2D eigenvalue weighted by molar-refractivity contribution is -0.245. The first-order valence-electron chi connectivity index (χ1n) is 13.2. The number of aliphatic hydroxyl groups excluding tert-OH is 1. The number of thioether (sulfide) groups is 1. The molecule has 4 atom stereocenters. The lowest BCUT2D eigenvalue weighted by atomic mass is 10.0. The number of amides is 1. The zero-order chi connectivity index (χ0) is 28.5. The van der Waals surface area contributed by atoms with Gasteiger partial charge in [-0.05, 0) is 35.7 Å². The Morgan fingerprint density at radius 1 is 1.00 bits per heavy atom. The second-order valence-electron chi connectivity index (χ2n) is 9.52. The molecule has 1 heterocycles. The van der Waals surface area contributed by atoms with Crippen molar-refractivity contribution in [1.29, 1.82) is 0 Å². The van der Waals surface area contributed by atoms with Gasteiger partial charge in [-0.2, -0.15) is 0 Å². The predicted molar refractivity (Wildman–Crippen MR) is 152 cm³/mol. The minimum atomic E-state index is -0.852. The standard InChI is InChI=1S/C31H35NO7S/c1-20(37-21(2)34)30(35)32-17-22-8-14-25(15-9-22)31-38-26(19-40-29-7-5-4-6-27(29)36-3)16-28(39-31)24-12-10-23(18-33)11-13-24/h4-15,20,26,28,31,33H,16-19H2,1-3H3,(H,32,35)/t20-,26-,28+,31+/m0/s1. The fourth-order valence-electron chi connectivity index (χ4n) is 4.37. The van der Waals surface area contributed by atoms with Crippen LogP contribution in [0.4, 0.5) is 0 Å². The first-order chi connectivity index (χ1) is 19.4. The van der Waals surface area contributed by atoms with Crippen molar-refractivity contribution in [3.8, 4) is 5.75 Å². The Hall–Kier alpha value is -3.37. The molecule has 8 nitrogen and oxygen atoms in total. The van der Waals surface area contributed by atoms with Gasteiger partial charge in [0.05, 0.1) is 25.9 Å². The fraction of sp³-hybridized carbons (Fsp3) is 0.355. The Morgan fingerprint density at radius 2 is 1.68 bits per heavy atom. The van der Waals surface area contributed by atoms with Gasteiger partial charge in [0.2, 0.25) is 0 Å². The molecule has 1 aliphatic heterocycles. The van der Waals surface area contributed by atoms with E-state index in [9.17, 15) is 14.7 Å². The highest BCUT2D eigenvalue weighted by atomic mass is 32.2. The van der Waals surface area contributed by atoms with Gasteiger partial charge in [0, 0.05) is 36.1 Å². The minimum Gasteiger partial charge on any atom is -0.496 e. The van der Waals surface area contributed by atoms with E-state index < -0.39 is 18.4 Å². The molecule has 1 aliphatic rings. The van der Waals surface area contributed by atoms with E-state index in [1.807, 2.05) is 72.8 Å². The largest absolute Gasteiger partial charge is 0.496 e. The number of carbonyl (C=O) groups is 2. The lowest BCUT2D eigenvalue weighted by Gasteiger charge is -2.36. The van der Waals surface area contributed by atoms with Crippen LogP contribution in [0.2, 0.25) is 0 Å². The van der Waals surface area contributed by atoms with Crippen molar-refractivity contribution in [3.05, 3.63) is 95.1 Å². The number of carbonyl (C=O) groups excluding carboxylic acids is 2. The van der Waals surface area contributed by atoms with Crippen LogP contribution in [0.15, 0.2) is 77.7 Å². The molecule has 9 heteroatoms. The number of nitrogens with one attached hydrogen (secondary N) is 1. The van der Waals surface area contributed by atoms with Crippen LogP contribution in [-0.4, -0.2) is 42.1 Å². The third-order valence-corrected chi connectivity index (χ3v) is 7.73. The minimum absolute atomic E-state index is 0.00875. The van der Waals surface area contributed by atoms with E-state index in [1.54, 1.807) is 18.9 Å². The number of aliphatic hydroxyl groups is 1. The van der Waals surface area contributed by atoms with E-state index in [0.29, 0.717) is 13.0 Å². The maximum absolute atomic E-state index is 12.2. The summed E-state index contributed by atoms with van der Waals surface area (Å²) in [6.45, 7) is 3.10. The van der Waals surface area contributed by atoms with Gasteiger partial charge in [-0.25, -0.2) is 0 Å². The summed E-state index contributed by atoms with van der Waals surface area (Å²) < 4.78 is 23.3. The summed E-state index contributed by atoms with van der Waals surface area (Å²) >= 11 is 1.69. The summed E-state index contributed by atoms with van der Waals surface area (Å²) in [4.78, 5) is 24.3. The number of hydrogen-bond acceptors (Lipinski definition) is 8. The van der Waals surface area contributed by atoms with E-state index in [0.717, 1.165) is 38.7 Å². The van der Waals surface area contributed by atoms with Crippen molar-refractivity contribution in [1.82, 2.24) is 5.32 Å². The summed E-state index contributed by atoms with van der Waals surface area (Å²) in [6, 6.07) is 23.4. The monoisotopic (exact) mass is 565 g/mol. The molecular weight excluding hydrogens is 530 g/mol. The Bertz CT molecular complexity index is 1270. The fourth-order valence-corrected chi connectivity index (χ4v) is 5.42. The average molecular weight is 566 g/mol. The van der Waals surface area contributed by atoms with Gasteiger partial charge in [-0.3, -0.25) is 9.59 Å². The van der Waals surface area contributed by atoms with Crippen LogP contribution in [0.25, 0.3) is 0 Å². The molecule has 0 radical (unpaired) electrons. The third-order valence-electron chi connectivity index (χ3n) is 6.54. The van der Waals surface area contributed by atoms with Crippen molar-refractivity contribution in [3.63, 3.8) is 0 Å². The quantitative estimate of drug-likeness (QED) is 0.245. The van der Waals surface area contributed by atoms with Gasteiger partial charge in [0.1, 0.15) is 5.75 Å². The van der Waals surface area contributed by atoms with E-state index in [-0.39, 0.29) is 24.7 Å². The molecule has 212 valence electrons. The maximum Gasteiger partial charge on any atom is 0.303 e. The van der Waals surface area contributed by atoms with Crippen molar-refractivity contribution in [2.45, 2.75) is 62.9 Å². The van der Waals surface area contributed by atoms with Crippen LogP contribution >= 0.6 is 11.8 Å². The second kappa shape index (κ2) is 14.3. The lowest BCUT2D eigenvalue weighted by Crippen LogP contribution is -2.35. The zero-order valence-electron chi connectivity index (χ0n) is 22.9. The van der Waals surface area contributed by atoms with Crippen molar-refractivity contribution in [2.24, 2.45) is 0 Å². The van der Waals surface area contributed by atoms with Crippen LogP contribution in [0.5, 0.6) is 5.75 Å². The number of benzene rings is 3. The topological polar surface area (TPSA) is 103 Å². The van der Waals surface area contributed by atoms with Crippen LogP contribution < -0.4 is 10.1 Å². The zero-order valence-corrected chi connectivity index (χ0v) is 23.7. The summed E-state index contributed by atoms with van der Waals surface area (Å²) in [7, 11) is 1.67. The maximum atomic E-state index is 12.2. The molecule has 0 spiro atoms. The first-order valence-corrected chi connectivity index (χ1v) is 14.1. The van der Waals surface area contributed by atoms with Crippen molar-refractivity contribution in [2.75, 3.05) is 12.9 Å². The Labute approximate surface area is 239 Å². The number of rotatable bonds is 11. The smallest absolute Gasteiger partial charge is 0.303 e. The molecule has 3 aromatic rings. The van der Waals surface area contributed by atoms with Crippen LogP contribution in [-0.2, 0) is 37.0 Å². The molecule has 0 aromatic heterocycles. The highest BCUT2D eigenvalue weighted by Crippen LogP contribution is 2.40. The van der Waals surface area contributed by atoms with E-state index >= 15 is 0 Å². The molecule has 40 heavy (non-hydrogen) atoms. The summed E-state index contributed by atoms with van der Waals surface area (Å²) in [5.74, 6) is 0.693. The Balaban J connectivity index is 1.45. The second-order valence-corrected chi connectivity index (χ2v) is 10.6. The molecule has 0 saturated carbocycles. The van der Waals surface area contributed by atoms with Crippen molar-refractivity contribution >= 4 is 23.6 Å². The number of hydrogen-bond donors (Lipinski definition) is 2. The van der Waals surface area contributed by atoms with Crippen LogP contribution in [0.1, 0.15) is 54.9 Å². The van der Waals surface area contributed by atoms with Gasteiger partial charge >= 0.3 is 5.97 Å². The predicted octanol–water partition coefficient (Wildman–Crippen LogP) is 5.09. The summed E-state index contributed by atoms with van der Waals surface area (Å²) in [6.07, 6.45) is -1.02. The summed E-state index contributed by atoms with van der Waals surface area (Å²) in [5, 5.41) is 12.2. The number of methoxy groups -OCH3 is 1. The van der Waals surface area contributed by atoms with E-state index in [1.165, 1.54) is 13.8 Å². The molecule has 0 aliphatic carbocycles. The molecule has 2 N–H and O–H groups in total. The molecule has 0 unspecified atom stereocenters. The summed E-state index contributed by atoms with van der Waals surface area (Å²) in [5.41, 5.74) is 3.63. The Morgan fingerprint density at radius 3 is 2.35 bits per heavy atom.